The fourth-order valence-electron chi connectivity index (χ4n) is 2.34. The Morgan fingerprint density at radius 2 is 2.40 bits per heavy atom. The number of nitrogens with one attached hydrogen (secondary N) is 1. The number of hydrogen-bond donors (Lipinski definition) is 2. The number of nitrogens with zero attached hydrogens (tertiary/aromatic N) is 2. The zero-order valence-electron chi connectivity index (χ0n) is 8.40. The Hall–Kier alpha value is -1.43. The molecule has 82 valence electrons. The molecule has 1 aromatic heterocycles. The molecule has 2 rings (SSSR count). The molecule has 0 aliphatic heterocycles. The third-order valence-corrected chi connectivity index (χ3v) is 3.31. The van der Waals surface area contributed by atoms with Gasteiger partial charge in [0, 0.05) is 5.41 Å². The van der Waals surface area contributed by atoms with Crippen molar-refractivity contribution in [3.63, 3.8) is 0 Å². The Morgan fingerprint density at radius 3 is 2.87 bits per heavy atom. The molecule has 3 N–H and O–H groups in total. The van der Waals surface area contributed by atoms with Gasteiger partial charge in [-0.2, -0.15) is 0 Å². The van der Waals surface area contributed by atoms with Gasteiger partial charge >= 0.3 is 5.82 Å². The van der Waals surface area contributed by atoms with Crippen LogP contribution in [-0.4, -0.2) is 21.7 Å². The van der Waals surface area contributed by atoms with E-state index in [0.29, 0.717) is 6.54 Å². The van der Waals surface area contributed by atoms with Crippen LogP contribution in [0.25, 0.3) is 0 Å². The minimum absolute atomic E-state index is 0.0307. The predicted molar refractivity (Wildman–Crippen MR) is 54.4 cm³/mol. The van der Waals surface area contributed by atoms with Gasteiger partial charge in [0.15, 0.2) is 0 Å². The number of rotatable bonds is 4. The summed E-state index contributed by atoms with van der Waals surface area (Å²) < 4.78 is 0. The molecular formula is C9H14N4O2. The number of aromatic nitrogens is 2. The van der Waals surface area contributed by atoms with E-state index in [4.69, 9.17) is 5.73 Å². The zero-order chi connectivity index (χ0) is 10.9. The van der Waals surface area contributed by atoms with E-state index in [1.165, 1.54) is 0 Å². The molecule has 1 fully saturated rings. The first-order valence-electron chi connectivity index (χ1n) is 5.08. The van der Waals surface area contributed by atoms with Gasteiger partial charge in [-0.1, -0.05) is 11.5 Å². The van der Waals surface area contributed by atoms with E-state index in [2.05, 4.69) is 10.2 Å². The molecule has 0 atom stereocenters. The summed E-state index contributed by atoms with van der Waals surface area (Å²) >= 11 is 0. The molecule has 0 spiro atoms. The molecule has 0 unspecified atom stereocenters. The fraction of sp³-hybridized carbons (Fsp3) is 0.667. The SMILES string of the molecule is NCCC1(c2cn[nH]c2[N+](=O)[O-])CCC1. The molecule has 1 aliphatic carbocycles. The quantitative estimate of drug-likeness (QED) is 0.574. The molecule has 1 heterocycles. The van der Waals surface area contributed by atoms with Crippen LogP contribution in [-0.2, 0) is 5.41 Å². The summed E-state index contributed by atoms with van der Waals surface area (Å²) in [6.45, 7) is 0.558. The lowest BCUT2D eigenvalue weighted by molar-refractivity contribution is -0.390. The van der Waals surface area contributed by atoms with Gasteiger partial charge in [0.05, 0.1) is 11.8 Å². The number of hydrogen-bond acceptors (Lipinski definition) is 4. The van der Waals surface area contributed by atoms with Crippen LogP contribution in [0.2, 0.25) is 0 Å². The summed E-state index contributed by atoms with van der Waals surface area (Å²) in [7, 11) is 0. The fourth-order valence-corrected chi connectivity index (χ4v) is 2.34. The highest BCUT2D eigenvalue weighted by Gasteiger charge is 2.43. The topological polar surface area (TPSA) is 97.8 Å². The molecule has 15 heavy (non-hydrogen) atoms. The van der Waals surface area contributed by atoms with Crippen LogP contribution < -0.4 is 5.73 Å². The second-order valence-corrected chi connectivity index (χ2v) is 4.06. The Kier molecular flexibility index (Phi) is 2.44. The molecule has 1 aromatic rings. The first-order chi connectivity index (χ1) is 7.19. The smallest absolute Gasteiger partial charge is 0.346 e. The van der Waals surface area contributed by atoms with Crippen molar-refractivity contribution >= 4 is 5.82 Å². The Bertz CT molecular complexity index is 370. The van der Waals surface area contributed by atoms with E-state index in [0.717, 1.165) is 31.2 Å². The summed E-state index contributed by atoms with van der Waals surface area (Å²) in [4.78, 5) is 10.4. The Balaban J connectivity index is 2.34. The average Bonchev–Trinajstić information content (AvgIpc) is 2.59. The molecule has 0 aromatic carbocycles. The Morgan fingerprint density at radius 1 is 1.67 bits per heavy atom. The van der Waals surface area contributed by atoms with E-state index < -0.39 is 4.92 Å². The highest BCUT2D eigenvalue weighted by Crippen LogP contribution is 2.48. The van der Waals surface area contributed by atoms with Crippen LogP contribution in [0.3, 0.4) is 0 Å². The van der Waals surface area contributed by atoms with Crippen LogP contribution in [0.1, 0.15) is 31.2 Å². The normalized spacial score (nSPS) is 18.5. The van der Waals surface area contributed by atoms with E-state index in [9.17, 15) is 10.1 Å². The summed E-state index contributed by atoms with van der Waals surface area (Å²) in [6.07, 6.45) is 5.44. The highest BCUT2D eigenvalue weighted by molar-refractivity contribution is 5.39. The van der Waals surface area contributed by atoms with Gasteiger partial charge in [0.1, 0.15) is 0 Å². The van der Waals surface area contributed by atoms with Crippen LogP contribution >= 0.6 is 0 Å². The van der Waals surface area contributed by atoms with E-state index in [-0.39, 0.29) is 11.2 Å². The number of H-pyrrole nitrogens is 1. The van der Waals surface area contributed by atoms with Gasteiger partial charge in [0.2, 0.25) is 0 Å². The molecular weight excluding hydrogens is 196 g/mol. The largest absolute Gasteiger partial charge is 0.358 e. The second-order valence-electron chi connectivity index (χ2n) is 4.06. The molecule has 0 saturated heterocycles. The van der Waals surface area contributed by atoms with E-state index >= 15 is 0 Å². The van der Waals surface area contributed by atoms with Crippen molar-refractivity contribution in [1.82, 2.24) is 10.2 Å². The number of aromatic amines is 1. The van der Waals surface area contributed by atoms with Gasteiger partial charge in [-0.25, -0.2) is 0 Å². The van der Waals surface area contributed by atoms with Crippen molar-refractivity contribution in [1.29, 1.82) is 0 Å². The standard InChI is InChI=1S/C9H14N4O2/c10-5-4-9(2-1-3-9)7-6-11-12-8(7)13(14)15/h6H,1-5,10H2,(H,11,12). The van der Waals surface area contributed by atoms with E-state index in [1.54, 1.807) is 6.20 Å². The second kappa shape index (κ2) is 3.62. The Labute approximate surface area is 87.0 Å². The minimum Gasteiger partial charge on any atom is -0.358 e. The summed E-state index contributed by atoms with van der Waals surface area (Å²) in [5, 5.41) is 17.0. The molecule has 6 nitrogen and oxygen atoms in total. The van der Waals surface area contributed by atoms with Crippen LogP contribution in [0.5, 0.6) is 0 Å². The first kappa shape index (κ1) is 10.1. The van der Waals surface area contributed by atoms with Crippen molar-refractivity contribution in [2.75, 3.05) is 6.54 Å². The number of nitro groups is 1. The molecule has 0 bridgehead atoms. The van der Waals surface area contributed by atoms with E-state index in [1.807, 2.05) is 0 Å². The maximum atomic E-state index is 10.8. The lowest BCUT2D eigenvalue weighted by Gasteiger charge is -2.40. The molecule has 6 heteroatoms. The predicted octanol–water partition coefficient (Wildman–Crippen LogP) is 1.09. The highest BCUT2D eigenvalue weighted by atomic mass is 16.6. The zero-order valence-corrected chi connectivity index (χ0v) is 8.40. The van der Waals surface area contributed by atoms with Crippen molar-refractivity contribution in [2.45, 2.75) is 31.1 Å². The molecule has 1 saturated carbocycles. The third-order valence-electron chi connectivity index (χ3n) is 3.31. The lowest BCUT2D eigenvalue weighted by atomic mass is 9.63. The molecule has 1 aliphatic rings. The number of nitrogens with two attached hydrogens (primary N) is 1. The van der Waals surface area contributed by atoms with Gasteiger partial charge in [-0.15, -0.1) is 5.10 Å². The van der Waals surface area contributed by atoms with Crippen LogP contribution in [0.15, 0.2) is 6.20 Å². The summed E-state index contributed by atoms with van der Waals surface area (Å²) in [6, 6.07) is 0. The monoisotopic (exact) mass is 210 g/mol. The average molecular weight is 210 g/mol. The lowest BCUT2D eigenvalue weighted by Crippen LogP contribution is -2.36. The summed E-state index contributed by atoms with van der Waals surface area (Å²) in [5.41, 5.74) is 6.19. The molecule has 0 amide bonds. The maximum absolute atomic E-state index is 10.8. The third kappa shape index (κ3) is 1.50. The van der Waals surface area contributed by atoms with Gasteiger partial charge in [-0.3, -0.25) is 0 Å². The minimum atomic E-state index is -0.404. The van der Waals surface area contributed by atoms with Crippen molar-refractivity contribution < 1.29 is 4.92 Å². The van der Waals surface area contributed by atoms with Crippen molar-refractivity contribution in [2.24, 2.45) is 5.73 Å². The van der Waals surface area contributed by atoms with Gasteiger partial charge in [0.25, 0.3) is 0 Å². The summed E-state index contributed by atoms with van der Waals surface area (Å²) in [5.74, 6) is 0.0307. The first-order valence-corrected chi connectivity index (χ1v) is 5.08. The van der Waals surface area contributed by atoms with Crippen molar-refractivity contribution in [3.8, 4) is 0 Å². The van der Waals surface area contributed by atoms with Crippen LogP contribution in [0, 0.1) is 10.1 Å². The maximum Gasteiger partial charge on any atom is 0.346 e. The van der Waals surface area contributed by atoms with Gasteiger partial charge in [-0.05, 0) is 30.7 Å². The van der Waals surface area contributed by atoms with Crippen molar-refractivity contribution in [3.05, 3.63) is 21.9 Å². The van der Waals surface area contributed by atoms with Gasteiger partial charge < -0.3 is 15.8 Å². The molecule has 0 radical (unpaired) electrons. The van der Waals surface area contributed by atoms with Crippen LogP contribution in [0.4, 0.5) is 5.82 Å².